The van der Waals surface area contributed by atoms with Crippen LogP contribution in [-0.4, -0.2) is 53.4 Å². The molecule has 1 aliphatic heterocycles. The fourth-order valence-electron chi connectivity index (χ4n) is 5.55. The monoisotopic (exact) mass is 564 g/mol. The standard InChI is InChI=1S/C29H29BrN2O5/c30-27-25(12-7-15-31-27)29(37-19-26(33)34)13-5-6-16-32(17-14-29)28(35)36-18-24-22-10-3-1-8-20(22)21-9-2-4-11-23(21)24/h1-4,7-12,15,24H,5-6,13-14,16-19H2,(H,33,34). The SMILES string of the molecule is O=C(O)COC1(c2cccnc2Br)CCCCN(C(=O)OCC2c3ccccc3-c3ccccc32)CC1. The second-order valence-corrected chi connectivity index (χ2v) is 10.3. The molecule has 0 spiro atoms. The molecule has 1 fully saturated rings. The number of benzene rings is 2. The summed E-state index contributed by atoms with van der Waals surface area (Å²) in [4.78, 5) is 30.7. The van der Waals surface area contributed by atoms with Crippen LogP contribution >= 0.6 is 15.9 Å². The highest BCUT2D eigenvalue weighted by atomic mass is 79.9. The van der Waals surface area contributed by atoms with Crippen LogP contribution in [-0.2, 0) is 19.9 Å². The van der Waals surface area contributed by atoms with E-state index in [-0.39, 0.29) is 18.6 Å². The van der Waals surface area contributed by atoms with Crippen LogP contribution in [0.3, 0.4) is 0 Å². The number of likely N-dealkylation sites (tertiary alicyclic amines) is 1. The van der Waals surface area contributed by atoms with Crippen molar-refractivity contribution in [2.24, 2.45) is 0 Å². The molecule has 1 saturated heterocycles. The van der Waals surface area contributed by atoms with E-state index in [2.05, 4.69) is 45.2 Å². The second kappa shape index (κ2) is 11.0. The molecule has 2 aliphatic rings. The van der Waals surface area contributed by atoms with Crippen molar-refractivity contribution < 1.29 is 24.2 Å². The first kappa shape index (κ1) is 25.4. The summed E-state index contributed by atoms with van der Waals surface area (Å²) >= 11 is 3.51. The number of aromatic nitrogens is 1. The molecule has 1 aromatic heterocycles. The molecule has 192 valence electrons. The predicted octanol–water partition coefficient (Wildman–Crippen LogP) is 5.97. The number of amides is 1. The summed E-state index contributed by atoms with van der Waals surface area (Å²) in [6, 6.07) is 20.2. The van der Waals surface area contributed by atoms with Gasteiger partial charge in [-0.15, -0.1) is 0 Å². The van der Waals surface area contributed by atoms with E-state index >= 15 is 0 Å². The highest BCUT2D eigenvalue weighted by Crippen LogP contribution is 2.45. The number of pyridine rings is 1. The average molecular weight is 565 g/mol. The molecule has 0 saturated carbocycles. The van der Waals surface area contributed by atoms with Gasteiger partial charge in [0.15, 0.2) is 0 Å². The highest BCUT2D eigenvalue weighted by molar-refractivity contribution is 9.10. The fourth-order valence-corrected chi connectivity index (χ4v) is 6.16. The van der Waals surface area contributed by atoms with Gasteiger partial charge in [-0.3, -0.25) is 0 Å². The Bertz CT molecular complexity index is 1250. The molecule has 1 aliphatic carbocycles. The lowest BCUT2D eigenvalue weighted by Gasteiger charge is -2.38. The number of carboxylic acids is 1. The molecule has 1 amide bonds. The number of ether oxygens (including phenoxy) is 2. The Morgan fingerprint density at radius 2 is 1.68 bits per heavy atom. The number of hydrogen-bond acceptors (Lipinski definition) is 5. The van der Waals surface area contributed by atoms with Crippen molar-refractivity contribution in [2.45, 2.75) is 37.2 Å². The third-order valence-corrected chi connectivity index (χ3v) is 7.99. The quantitative estimate of drug-likeness (QED) is 0.371. The Hall–Kier alpha value is -3.23. The number of carbonyl (C=O) groups is 2. The van der Waals surface area contributed by atoms with Crippen LogP contribution in [0, 0.1) is 0 Å². The van der Waals surface area contributed by atoms with Gasteiger partial charge in [0, 0.05) is 30.8 Å². The molecular weight excluding hydrogens is 536 g/mol. The van der Waals surface area contributed by atoms with Gasteiger partial charge in [-0.25, -0.2) is 14.6 Å². The molecule has 1 unspecified atom stereocenters. The van der Waals surface area contributed by atoms with E-state index in [1.807, 2.05) is 36.4 Å². The number of carbonyl (C=O) groups excluding carboxylic acids is 1. The maximum Gasteiger partial charge on any atom is 0.409 e. The lowest BCUT2D eigenvalue weighted by atomic mass is 9.84. The van der Waals surface area contributed by atoms with E-state index in [1.54, 1.807) is 11.1 Å². The first-order valence-corrected chi connectivity index (χ1v) is 13.3. The minimum absolute atomic E-state index is 0.00422. The molecule has 2 aromatic carbocycles. The van der Waals surface area contributed by atoms with Gasteiger partial charge in [0.05, 0.1) is 5.60 Å². The van der Waals surface area contributed by atoms with E-state index in [1.165, 1.54) is 22.3 Å². The van der Waals surface area contributed by atoms with Gasteiger partial charge in [-0.2, -0.15) is 0 Å². The van der Waals surface area contributed by atoms with E-state index in [9.17, 15) is 14.7 Å². The number of hydrogen-bond donors (Lipinski definition) is 1. The number of fused-ring (bicyclic) bond motifs is 3. The Kier molecular flexibility index (Phi) is 7.58. The summed E-state index contributed by atoms with van der Waals surface area (Å²) in [6.45, 7) is 0.808. The van der Waals surface area contributed by atoms with Gasteiger partial charge in [-0.05, 0) is 69.9 Å². The predicted molar refractivity (Wildman–Crippen MR) is 142 cm³/mol. The van der Waals surface area contributed by atoms with Crippen LogP contribution in [0.15, 0.2) is 71.5 Å². The van der Waals surface area contributed by atoms with Crippen LogP contribution in [0.5, 0.6) is 0 Å². The van der Waals surface area contributed by atoms with E-state index in [0.29, 0.717) is 30.5 Å². The third-order valence-electron chi connectivity index (χ3n) is 7.36. The number of carboxylic acid groups (broad SMARTS) is 1. The average Bonchev–Trinajstić information content (AvgIpc) is 3.21. The molecule has 7 nitrogen and oxygen atoms in total. The molecule has 0 bridgehead atoms. The number of nitrogens with zero attached hydrogens (tertiary/aromatic N) is 2. The van der Waals surface area contributed by atoms with Crippen LogP contribution in [0.4, 0.5) is 4.79 Å². The van der Waals surface area contributed by atoms with Crippen LogP contribution in [0.1, 0.15) is 48.3 Å². The zero-order valence-electron chi connectivity index (χ0n) is 20.4. The molecule has 37 heavy (non-hydrogen) atoms. The molecule has 5 rings (SSSR count). The zero-order valence-corrected chi connectivity index (χ0v) is 22.0. The summed E-state index contributed by atoms with van der Waals surface area (Å²) in [5.74, 6) is -1.04. The molecule has 1 N–H and O–H groups in total. The van der Waals surface area contributed by atoms with Crippen LogP contribution < -0.4 is 0 Å². The Morgan fingerprint density at radius 3 is 2.35 bits per heavy atom. The van der Waals surface area contributed by atoms with Gasteiger partial charge in [0.1, 0.15) is 17.8 Å². The summed E-state index contributed by atoms with van der Waals surface area (Å²) in [5, 5.41) is 9.32. The summed E-state index contributed by atoms with van der Waals surface area (Å²) in [7, 11) is 0. The molecule has 1 atom stereocenters. The third kappa shape index (κ3) is 5.26. The molecule has 8 heteroatoms. The highest BCUT2D eigenvalue weighted by Gasteiger charge is 2.38. The lowest BCUT2D eigenvalue weighted by Crippen LogP contribution is -2.42. The van der Waals surface area contributed by atoms with Crippen LogP contribution in [0.25, 0.3) is 11.1 Å². The smallest absolute Gasteiger partial charge is 0.409 e. The van der Waals surface area contributed by atoms with Gasteiger partial charge in [0.25, 0.3) is 0 Å². The number of halogens is 1. The molecular formula is C29H29BrN2O5. The van der Waals surface area contributed by atoms with Gasteiger partial charge >= 0.3 is 12.1 Å². The van der Waals surface area contributed by atoms with Gasteiger partial charge in [0.2, 0.25) is 0 Å². The van der Waals surface area contributed by atoms with Crippen molar-refractivity contribution in [2.75, 3.05) is 26.3 Å². The van der Waals surface area contributed by atoms with E-state index in [0.717, 1.165) is 18.4 Å². The minimum atomic E-state index is -1.03. The molecule has 3 aromatic rings. The lowest BCUT2D eigenvalue weighted by molar-refractivity contribution is -0.153. The van der Waals surface area contributed by atoms with E-state index < -0.39 is 18.2 Å². The fraction of sp³-hybridized carbons (Fsp3) is 0.345. The van der Waals surface area contributed by atoms with Crippen molar-refractivity contribution in [1.82, 2.24) is 9.88 Å². The maximum absolute atomic E-state index is 13.3. The van der Waals surface area contributed by atoms with E-state index in [4.69, 9.17) is 9.47 Å². The molecule has 0 radical (unpaired) electrons. The minimum Gasteiger partial charge on any atom is -0.480 e. The number of rotatable bonds is 6. The summed E-state index contributed by atoms with van der Waals surface area (Å²) in [6.07, 6.45) is 3.93. The summed E-state index contributed by atoms with van der Waals surface area (Å²) < 4.78 is 12.6. The Morgan fingerprint density at radius 1 is 0.973 bits per heavy atom. The van der Waals surface area contributed by atoms with Crippen molar-refractivity contribution in [3.63, 3.8) is 0 Å². The van der Waals surface area contributed by atoms with Crippen LogP contribution in [0.2, 0.25) is 0 Å². The molecule has 2 heterocycles. The van der Waals surface area contributed by atoms with Crippen molar-refractivity contribution in [3.05, 3.63) is 88.2 Å². The topological polar surface area (TPSA) is 89.0 Å². The van der Waals surface area contributed by atoms with Crippen molar-refractivity contribution >= 4 is 28.0 Å². The first-order valence-electron chi connectivity index (χ1n) is 12.6. The zero-order chi connectivity index (χ0) is 25.8. The largest absolute Gasteiger partial charge is 0.480 e. The Balaban J connectivity index is 1.31. The second-order valence-electron chi connectivity index (χ2n) is 9.52. The normalized spacial score (nSPS) is 19.4. The Labute approximate surface area is 224 Å². The first-order chi connectivity index (χ1) is 18.0. The summed E-state index contributed by atoms with van der Waals surface area (Å²) in [5.41, 5.74) is 4.65. The van der Waals surface area contributed by atoms with Gasteiger partial charge < -0.3 is 19.5 Å². The van der Waals surface area contributed by atoms with Crippen molar-refractivity contribution in [3.8, 4) is 11.1 Å². The number of aliphatic carboxylic acids is 1. The maximum atomic E-state index is 13.3. The van der Waals surface area contributed by atoms with Crippen molar-refractivity contribution in [1.29, 1.82) is 0 Å². The van der Waals surface area contributed by atoms with Gasteiger partial charge in [-0.1, -0.05) is 54.6 Å².